The second-order valence-electron chi connectivity index (χ2n) is 5.33. The highest BCUT2D eigenvalue weighted by molar-refractivity contribution is 5.81. The van der Waals surface area contributed by atoms with E-state index in [4.69, 9.17) is 10.8 Å². The average Bonchev–Trinajstić information content (AvgIpc) is 2.15. The van der Waals surface area contributed by atoms with Crippen molar-refractivity contribution in [1.29, 1.82) is 0 Å². The lowest BCUT2D eigenvalue weighted by atomic mass is 9.84. The van der Waals surface area contributed by atoms with Gasteiger partial charge in [0.2, 0.25) is 5.91 Å². The van der Waals surface area contributed by atoms with Gasteiger partial charge in [0, 0.05) is 12.6 Å². The largest absolute Gasteiger partial charge is 0.396 e. The van der Waals surface area contributed by atoms with Crippen LogP contribution in [-0.2, 0) is 4.79 Å². The molecule has 2 atom stereocenters. The van der Waals surface area contributed by atoms with Crippen molar-refractivity contribution in [3.05, 3.63) is 0 Å². The third-order valence-corrected chi connectivity index (χ3v) is 2.72. The van der Waals surface area contributed by atoms with E-state index in [1.165, 1.54) is 0 Å². The number of amides is 1. The molecule has 0 aromatic carbocycles. The van der Waals surface area contributed by atoms with E-state index in [0.717, 1.165) is 6.42 Å². The summed E-state index contributed by atoms with van der Waals surface area (Å²) in [5, 5.41) is 11.9. The van der Waals surface area contributed by atoms with Gasteiger partial charge >= 0.3 is 0 Å². The molecule has 0 aliphatic carbocycles. The van der Waals surface area contributed by atoms with E-state index in [2.05, 4.69) is 5.32 Å². The molecule has 0 aliphatic rings. The molecule has 16 heavy (non-hydrogen) atoms. The van der Waals surface area contributed by atoms with E-state index in [1.54, 1.807) is 0 Å². The molecule has 0 aliphatic heterocycles. The first-order valence-electron chi connectivity index (χ1n) is 5.99. The van der Waals surface area contributed by atoms with Gasteiger partial charge in [-0.25, -0.2) is 0 Å². The molecule has 0 saturated carbocycles. The summed E-state index contributed by atoms with van der Waals surface area (Å²) in [5.74, 6) is -0.116. The zero-order chi connectivity index (χ0) is 12.8. The summed E-state index contributed by atoms with van der Waals surface area (Å²) in [6, 6.07) is -0.471. The van der Waals surface area contributed by atoms with Crippen molar-refractivity contribution < 1.29 is 9.90 Å². The van der Waals surface area contributed by atoms with Crippen LogP contribution in [0.25, 0.3) is 0 Å². The number of carbonyl (C=O) groups is 1. The third-order valence-electron chi connectivity index (χ3n) is 2.72. The Balaban J connectivity index is 4.34. The van der Waals surface area contributed by atoms with E-state index in [9.17, 15) is 4.79 Å². The zero-order valence-electron chi connectivity index (χ0n) is 10.9. The van der Waals surface area contributed by atoms with Crippen molar-refractivity contribution in [2.24, 2.45) is 11.1 Å². The lowest BCUT2D eigenvalue weighted by molar-refractivity contribution is -0.124. The molecule has 4 N–H and O–H groups in total. The lowest BCUT2D eigenvalue weighted by Gasteiger charge is -2.32. The summed E-state index contributed by atoms with van der Waals surface area (Å²) in [4.78, 5) is 11.7. The van der Waals surface area contributed by atoms with Gasteiger partial charge in [-0.1, -0.05) is 34.1 Å². The Kier molecular flexibility index (Phi) is 6.60. The maximum atomic E-state index is 11.7. The van der Waals surface area contributed by atoms with Crippen LogP contribution in [0.2, 0.25) is 0 Å². The Morgan fingerprint density at radius 3 is 2.31 bits per heavy atom. The summed E-state index contributed by atoms with van der Waals surface area (Å²) >= 11 is 0. The molecule has 96 valence electrons. The highest BCUT2D eigenvalue weighted by Gasteiger charge is 2.27. The van der Waals surface area contributed by atoms with Crippen LogP contribution >= 0.6 is 0 Å². The third kappa shape index (κ3) is 5.47. The number of carbonyl (C=O) groups excluding carboxylic acids is 1. The summed E-state index contributed by atoms with van der Waals surface area (Å²) in [6.07, 6.45) is 2.16. The molecular formula is C12H26N2O2. The number of hydrogen-bond acceptors (Lipinski definition) is 3. The van der Waals surface area contributed by atoms with Gasteiger partial charge in [0.1, 0.15) is 0 Å². The second kappa shape index (κ2) is 6.86. The second-order valence-corrected chi connectivity index (χ2v) is 5.33. The van der Waals surface area contributed by atoms with Crippen molar-refractivity contribution in [2.75, 3.05) is 6.61 Å². The molecule has 1 unspecified atom stereocenters. The van der Waals surface area contributed by atoms with E-state index >= 15 is 0 Å². The fraction of sp³-hybridized carbons (Fsp3) is 0.917. The van der Waals surface area contributed by atoms with Crippen molar-refractivity contribution in [3.8, 4) is 0 Å². The Bertz CT molecular complexity index is 212. The van der Waals surface area contributed by atoms with Gasteiger partial charge < -0.3 is 16.2 Å². The standard InChI is InChI=1S/C12H26N2O2/c1-5-6-9(13)11(16)14-10(7-8-15)12(2,3)4/h9-10,15H,5-8,13H2,1-4H3,(H,14,16)/t9-,10?/m0/s1. The Hall–Kier alpha value is -0.610. The molecule has 0 spiro atoms. The van der Waals surface area contributed by atoms with Crippen LogP contribution in [0.1, 0.15) is 47.0 Å². The van der Waals surface area contributed by atoms with Gasteiger partial charge in [0.25, 0.3) is 0 Å². The minimum atomic E-state index is -0.437. The fourth-order valence-corrected chi connectivity index (χ4v) is 1.57. The van der Waals surface area contributed by atoms with Gasteiger partial charge in [0.05, 0.1) is 6.04 Å². The van der Waals surface area contributed by atoms with Gasteiger partial charge in [-0.3, -0.25) is 4.79 Å². The number of rotatable bonds is 6. The van der Waals surface area contributed by atoms with Crippen molar-refractivity contribution in [2.45, 2.75) is 59.0 Å². The number of nitrogens with two attached hydrogens (primary N) is 1. The first-order chi connectivity index (χ1) is 7.32. The number of aliphatic hydroxyl groups is 1. The van der Waals surface area contributed by atoms with E-state index in [-0.39, 0.29) is 24.0 Å². The van der Waals surface area contributed by atoms with Crippen LogP contribution in [0.5, 0.6) is 0 Å². The quantitative estimate of drug-likeness (QED) is 0.638. The van der Waals surface area contributed by atoms with E-state index in [1.807, 2.05) is 27.7 Å². The smallest absolute Gasteiger partial charge is 0.237 e. The summed E-state index contributed by atoms with van der Waals surface area (Å²) in [6.45, 7) is 8.20. The maximum absolute atomic E-state index is 11.7. The molecule has 0 radical (unpaired) electrons. The average molecular weight is 230 g/mol. The monoisotopic (exact) mass is 230 g/mol. The molecular weight excluding hydrogens is 204 g/mol. The fourth-order valence-electron chi connectivity index (χ4n) is 1.57. The minimum Gasteiger partial charge on any atom is -0.396 e. The SMILES string of the molecule is CCC[C@H](N)C(=O)NC(CCO)C(C)(C)C. The highest BCUT2D eigenvalue weighted by Crippen LogP contribution is 2.21. The van der Waals surface area contributed by atoms with Crippen LogP contribution in [0, 0.1) is 5.41 Å². The number of nitrogens with one attached hydrogen (secondary N) is 1. The molecule has 0 aromatic heterocycles. The van der Waals surface area contributed by atoms with Crippen molar-refractivity contribution in [3.63, 3.8) is 0 Å². The molecule has 0 heterocycles. The van der Waals surface area contributed by atoms with E-state index in [0.29, 0.717) is 12.8 Å². The van der Waals surface area contributed by atoms with E-state index < -0.39 is 6.04 Å². The molecule has 0 rings (SSSR count). The molecule has 1 amide bonds. The lowest BCUT2D eigenvalue weighted by Crippen LogP contribution is -2.50. The molecule has 0 aromatic rings. The molecule has 0 bridgehead atoms. The molecule has 0 fully saturated rings. The summed E-state index contributed by atoms with van der Waals surface area (Å²) in [5.41, 5.74) is 5.68. The maximum Gasteiger partial charge on any atom is 0.237 e. The summed E-state index contributed by atoms with van der Waals surface area (Å²) in [7, 11) is 0. The topological polar surface area (TPSA) is 75.4 Å². The zero-order valence-corrected chi connectivity index (χ0v) is 10.9. The van der Waals surface area contributed by atoms with Crippen molar-refractivity contribution >= 4 is 5.91 Å². The van der Waals surface area contributed by atoms with Crippen molar-refractivity contribution in [1.82, 2.24) is 5.32 Å². The van der Waals surface area contributed by atoms with Crippen LogP contribution in [-0.4, -0.2) is 29.7 Å². The van der Waals surface area contributed by atoms with Gasteiger partial charge in [0.15, 0.2) is 0 Å². The summed E-state index contributed by atoms with van der Waals surface area (Å²) < 4.78 is 0. The molecule has 0 saturated heterocycles. The van der Waals surface area contributed by atoms with Gasteiger partial charge in [-0.05, 0) is 18.3 Å². The van der Waals surface area contributed by atoms with Crippen LogP contribution in [0.15, 0.2) is 0 Å². The predicted octanol–water partition coefficient (Wildman–Crippen LogP) is 1.03. The first kappa shape index (κ1) is 15.4. The number of hydrogen-bond donors (Lipinski definition) is 3. The number of aliphatic hydroxyl groups excluding tert-OH is 1. The van der Waals surface area contributed by atoms with Gasteiger partial charge in [-0.2, -0.15) is 0 Å². The van der Waals surface area contributed by atoms with Crippen LogP contribution in [0.4, 0.5) is 0 Å². The molecule has 4 heteroatoms. The Labute approximate surface area is 98.6 Å². The van der Waals surface area contributed by atoms with Gasteiger partial charge in [-0.15, -0.1) is 0 Å². The predicted molar refractivity (Wildman–Crippen MR) is 66.0 cm³/mol. The first-order valence-corrected chi connectivity index (χ1v) is 5.99. The molecule has 4 nitrogen and oxygen atoms in total. The van der Waals surface area contributed by atoms with Crippen LogP contribution in [0.3, 0.4) is 0 Å². The Morgan fingerprint density at radius 1 is 1.38 bits per heavy atom. The Morgan fingerprint density at radius 2 is 1.94 bits per heavy atom. The minimum absolute atomic E-state index is 0.0343. The normalized spacial score (nSPS) is 15.6. The van der Waals surface area contributed by atoms with Crippen LogP contribution < -0.4 is 11.1 Å². The highest BCUT2D eigenvalue weighted by atomic mass is 16.3.